The van der Waals surface area contributed by atoms with Crippen LogP contribution in [0.15, 0.2) is 0 Å². The van der Waals surface area contributed by atoms with Gasteiger partial charge in [0.1, 0.15) is 7.85 Å². The molecule has 1 atom stereocenters. The van der Waals surface area contributed by atoms with Crippen LogP contribution in [0.25, 0.3) is 0 Å². The van der Waals surface area contributed by atoms with Crippen molar-refractivity contribution in [2.24, 2.45) is 0 Å². The zero-order valence-corrected chi connectivity index (χ0v) is 11.3. The third-order valence-electron chi connectivity index (χ3n) is 3.36. The topological polar surface area (TPSA) is 0 Å². The summed E-state index contributed by atoms with van der Waals surface area (Å²) in [6, 6.07) is 0. The summed E-state index contributed by atoms with van der Waals surface area (Å²) in [7, 11) is 5.12. The Labute approximate surface area is 91.1 Å². The highest BCUT2D eigenvalue weighted by Crippen LogP contribution is 2.22. The second-order valence-electron chi connectivity index (χ2n) is 4.48. The van der Waals surface area contributed by atoms with Gasteiger partial charge >= 0.3 is 0 Å². The first-order valence-electron chi connectivity index (χ1n) is 5.23. The lowest BCUT2D eigenvalue weighted by Crippen LogP contribution is -2.24. The summed E-state index contributed by atoms with van der Waals surface area (Å²) in [6.07, 6.45) is 0. The smallest absolute Gasteiger partial charge is 0.105 e. The highest BCUT2D eigenvalue weighted by molar-refractivity contribution is 7.27. The Morgan fingerprint density at radius 2 is 1.50 bits per heavy atom. The number of rotatable bonds is 1. The molecular weight excluding hydrogens is 186 g/mol. The second kappa shape index (κ2) is 4.07. The SMILES string of the molecule is Bc1c(C)c(C)c(C(C)C)c(P)c1C. The van der Waals surface area contributed by atoms with Crippen molar-refractivity contribution >= 4 is 27.9 Å². The number of hydrogen-bond acceptors (Lipinski definition) is 0. The molecule has 0 saturated carbocycles. The Bertz CT molecular complexity index is 338. The lowest BCUT2D eigenvalue weighted by molar-refractivity contribution is 0.861. The first-order valence-corrected chi connectivity index (χ1v) is 5.81. The molecule has 2 heteroatoms. The fraction of sp³-hybridized carbons (Fsp3) is 0.500. The summed E-state index contributed by atoms with van der Waals surface area (Å²) >= 11 is 0. The fourth-order valence-corrected chi connectivity index (χ4v) is 2.88. The molecule has 0 radical (unpaired) electrons. The van der Waals surface area contributed by atoms with Crippen molar-refractivity contribution in [2.75, 3.05) is 0 Å². The molecule has 0 aliphatic rings. The van der Waals surface area contributed by atoms with Crippen LogP contribution < -0.4 is 10.8 Å². The van der Waals surface area contributed by atoms with E-state index in [4.69, 9.17) is 0 Å². The first kappa shape index (κ1) is 11.8. The van der Waals surface area contributed by atoms with Gasteiger partial charge in [0.15, 0.2) is 0 Å². The molecule has 76 valence electrons. The molecule has 0 fully saturated rings. The third kappa shape index (κ3) is 1.75. The molecular formula is C12H20BP. The Morgan fingerprint density at radius 3 is 1.93 bits per heavy atom. The van der Waals surface area contributed by atoms with E-state index in [-0.39, 0.29) is 0 Å². The van der Waals surface area contributed by atoms with Crippen molar-refractivity contribution in [1.29, 1.82) is 0 Å². The lowest BCUT2D eigenvalue weighted by Gasteiger charge is -2.21. The van der Waals surface area contributed by atoms with Crippen LogP contribution in [0.1, 0.15) is 42.0 Å². The molecule has 1 aromatic rings. The van der Waals surface area contributed by atoms with E-state index < -0.39 is 0 Å². The van der Waals surface area contributed by atoms with Crippen LogP contribution in [0.4, 0.5) is 0 Å². The largest absolute Gasteiger partial charge is 0.140 e. The van der Waals surface area contributed by atoms with E-state index in [1.165, 1.54) is 33.0 Å². The molecule has 14 heavy (non-hydrogen) atoms. The highest BCUT2D eigenvalue weighted by Gasteiger charge is 2.13. The Balaban J connectivity index is 3.60. The summed E-state index contributed by atoms with van der Waals surface area (Å²) in [5, 5.41) is 1.40. The molecule has 0 heterocycles. The van der Waals surface area contributed by atoms with Gasteiger partial charge in [-0.05, 0) is 48.7 Å². The van der Waals surface area contributed by atoms with Gasteiger partial charge in [-0.3, -0.25) is 0 Å². The molecule has 0 aromatic heterocycles. The molecule has 0 aliphatic heterocycles. The molecule has 1 unspecified atom stereocenters. The first-order chi connectivity index (χ1) is 6.37. The predicted octanol–water partition coefficient (Wildman–Crippen LogP) is 1.49. The number of hydrogen-bond donors (Lipinski definition) is 0. The van der Waals surface area contributed by atoms with Crippen LogP contribution in [0, 0.1) is 20.8 Å². The standard InChI is InChI=1S/C12H20BP/c1-6(2)10-7(3)8(4)11(13)9(5)12(10)14/h6H,13-14H2,1-5H3. The molecule has 0 aliphatic carbocycles. The molecule has 0 saturated heterocycles. The predicted molar refractivity (Wildman–Crippen MR) is 72.3 cm³/mol. The third-order valence-corrected chi connectivity index (χ3v) is 4.11. The zero-order valence-electron chi connectivity index (χ0n) is 10.2. The average molecular weight is 206 g/mol. The van der Waals surface area contributed by atoms with Crippen LogP contribution >= 0.6 is 9.24 Å². The van der Waals surface area contributed by atoms with Crippen LogP contribution in [0.3, 0.4) is 0 Å². The van der Waals surface area contributed by atoms with Crippen molar-refractivity contribution in [1.82, 2.24) is 0 Å². The van der Waals surface area contributed by atoms with Crippen LogP contribution in [-0.4, -0.2) is 7.85 Å². The van der Waals surface area contributed by atoms with E-state index >= 15 is 0 Å². The molecule has 0 amide bonds. The molecule has 1 aromatic carbocycles. The normalized spacial score (nSPS) is 11.1. The molecule has 0 spiro atoms. The van der Waals surface area contributed by atoms with Crippen molar-refractivity contribution < 1.29 is 0 Å². The summed E-state index contributed by atoms with van der Waals surface area (Å²) in [5.74, 6) is 0.612. The van der Waals surface area contributed by atoms with Crippen LogP contribution in [-0.2, 0) is 0 Å². The van der Waals surface area contributed by atoms with Gasteiger partial charge in [0.2, 0.25) is 0 Å². The lowest BCUT2D eigenvalue weighted by atomic mass is 9.80. The Morgan fingerprint density at radius 1 is 1.00 bits per heavy atom. The Hall–Kier alpha value is -0.285. The maximum absolute atomic E-state index is 2.90. The summed E-state index contributed by atoms with van der Waals surface area (Å²) in [6.45, 7) is 11.2. The summed E-state index contributed by atoms with van der Waals surface area (Å²) in [5.41, 5.74) is 7.31. The fourth-order valence-electron chi connectivity index (χ4n) is 2.11. The minimum absolute atomic E-state index is 0.612. The van der Waals surface area contributed by atoms with Gasteiger partial charge in [0.25, 0.3) is 0 Å². The van der Waals surface area contributed by atoms with E-state index in [0.717, 1.165) is 0 Å². The van der Waals surface area contributed by atoms with Gasteiger partial charge in [0, 0.05) is 0 Å². The summed E-state index contributed by atoms with van der Waals surface area (Å²) in [4.78, 5) is 0. The van der Waals surface area contributed by atoms with Gasteiger partial charge in [0.05, 0.1) is 0 Å². The van der Waals surface area contributed by atoms with E-state index in [0.29, 0.717) is 5.92 Å². The van der Waals surface area contributed by atoms with E-state index in [9.17, 15) is 0 Å². The molecule has 0 N–H and O–H groups in total. The monoisotopic (exact) mass is 206 g/mol. The van der Waals surface area contributed by atoms with Crippen LogP contribution in [0.2, 0.25) is 0 Å². The van der Waals surface area contributed by atoms with Crippen molar-refractivity contribution in [2.45, 2.75) is 40.5 Å². The zero-order chi connectivity index (χ0) is 11.0. The second-order valence-corrected chi connectivity index (χ2v) is 5.06. The number of benzene rings is 1. The van der Waals surface area contributed by atoms with Gasteiger partial charge in [-0.15, -0.1) is 9.24 Å². The van der Waals surface area contributed by atoms with Gasteiger partial charge in [-0.25, -0.2) is 0 Å². The van der Waals surface area contributed by atoms with Crippen LogP contribution in [0.5, 0.6) is 0 Å². The van der Waals surface area contributed by atoms with E-state index in [1.807, 2.05) is 0 Å². The van der Waals surface area contributed by atoms with Crippen molar-refractivity contribution in [3.05, 3.63) is 22.3 Å². The van der Waals surface area contributed by atoms with Crippen molar-refractivity contribution in [3.63, 3.8) is 0 Å². The van der Waals surface area contributed by atoms with E-state index in [1.54, 1.807) is 0 Å². The maximum atomic E-state index is 2.90. The summed E-state index contributed by atoms with van der Waals surface area (Å²) < 4.78 is 0. The van der Waals surface area contributed by atoms with Crippen molar-refractivity contribution in [3.8, 4) is 0 Å². The van der Waals surface area contributed by atoms with Gasteiger partial charge < -0.3 is 0 Å². The van der Waals surface area contributed by atoms with E-state index in [2.05, 4.69) is 51.7 Å². The molecule has 0 nitrogen and oxygen atoms in total. The maximum Gasteiger partial charge on any atom is 0.140 e. The minimum atomic E-state index is 0.612. The quantitative estimate of drug-likeness (QED) is 0.482. The molecule has 0 bridgehead atoms. The van der Waals surface area contributed by atoms with Gasteiger partial charge in [-0.1, -0.05) is 24.9 Å². The van der Waals surface area contributed by atoms with Gasteiger partial charge in [-0.2, -0.15) is 0 Å². The molecule has 1 rings (SSSR count). The minimum Gasteiger partial charge on any atom is -0.105 e. The Kier molecular flexibility index (Phi) is 3.42. The highest BCUT2D eigenvalue weighted by atomic mass is 31.0. The average Bonchev–Trinajstić information content (AvgIpc) is 2.11.